The molecule has 0 aliphatic heterocycles. The van der Waals surface area contributed by atoms with Crippen LogP contribution in [0, 0.1) is 0 Å². The van der Waals surface area contributed by atoms with Crippen molar-refractivity contribution in [2.45, 2.75) is 19.3 Å². The van der Waals surface area contributed by atoms with Crippen molar-refractivity contribution >= 4 is 17.0 Å². The molecular weight excluding hydrogens is 250 g/mol. The minimum Gasteiger partial charge on any atom is -0.394 e. The number of anilines is 2. The van der Waals surface area contributed by atoms with Crippen LogP contribution < -0.4 is 11.1 Å². The second-order valence-electron chi connectivity index (χ2n) is 6.29. The molecule has 0 bridgehead atoms. The Labute approximate surface area is 121 Å². The van der Waals surface area contributed by atoms with Crippen LogP contribution in [-0.2, 0) is 0 Å². The maximum atomic E-state index is 6.09. The number of unbranched alkanes of at least 4 members (excludes halogenated alkanes) is 2. The molecule has 2 rings (SSSR count). The highest BCUT2D eigenvalue weighted by molar-refractivity contribution is 5.80. The lowest BCUT2D eigenvalue weighted by Gasteiger charge is -2.23. The molecule has 2 heterocycles. The fourth-order valence-corrected chi connectivity index (χ4v) is 2.24. The highest BCUT2D eigenvalue weighted by atomic mass is 15.3. The highest BCUT2D eigenvalue weighted by Gasteiger charge is 2.08. The summed E-state index contributed by atoms with van der Waals surface area (Å²) in [5.74, 6) is 0.794. The van der Waals surface area contributed by atoms with Crippen molar-refractivity contribution in [3.8, 4) is 0 Å². The molecule has 0 saturated heterocycles. The molecule has 0 aromatic carbocycles. The third kappa shape index (κ3) is 3.87. The van der Waals surface area contributed by atoms with E-state index in [1.807, 2.05) is 28.9 Å². The number of hydrogen-bond acceptors (Lipinski definition) is 3. The number of pyridine rings is 1. The van der Waals surface area contributed by atoms with E-state index >= 15 is 0 Å². The topological polar surface area (TPSA) is 55.4 Å². The van der Waals surface area contributed by atoms with E-state index in [4.69, 9.17) is 5.73 Å². The monoisotopic (exact) mass is 276 g/mol. The second-order valence-corrected chi connectivity index (χ2v) is 6.29. The normalized spacial score (nSPS) is 11.9. The smallest absolute Gasteiger partial charge is 0.172 e. The number of hydrogen-bond donors (Lipinski definition) is 2. The summed E-state index contributed by atoms with van der Waals surface area (Å²) in [6.45, 7) is 2.14. The first kappa shape index (κ1) is 14.7. The number of nitrogens with zero attached hydrogens (tertiary/aromatic N) is 3. The van der Waals surface area contributed by atoms with Crippen LogP contribution >= 0.6 is 0 Å². The lowest BCUT2D eigenvalue weighted by molar-refractivity contribution is -0.870. The van der Waals surface area contributed by atoms with E-state index in [1.54, 1.807) is 0 Å². The molecule has 20 heavy (non-hydrogen) atoms. The van der Waals surface area contributed by atoms with Crippen LogP contribution in [0.4, 0.5) is 11.5 Å². The fraction of sp³-hybridized carbons (Fsp3) is 0.533. The molecule has 0 aliphatic carbocycles. The molecule has 0 unspecified atom stereocenters. The van der Waals surface area contributed by atoms with Crippen molar-refractivity contribution in [1.82, 2.24) is 9.61 Å². The Hall–Kier alpha value is -1.75. The van der Waals surface area contributed by atoms with Crippen molar-refractivity contribution in [2.75, 3.05) is 45.3 Å². The quantitative estimate of drug-likeness (QED) is 0.602. The Morgan fingerprint density at radius 1 is 1.20 bits per heavy atom. The van der Waals surface area contributed by atoms with Crippen molar-refractivity contribution in [1.29, 1.82) is 0 Å². The van der Waals surface area contributed by atoms with Gasteiger partial charge in [-0.1, -0.05) is 6.07 Å². The maximum absolute atomic E-state index is 6.09. The standard InChI is InChI=1S/C15H26N5/c1-20(2,3)12-8-4-6-10-17-15-14(16)13-9-5-7-11-19(13)18-15/h5,7,9,11H,4,6,8,10,12,16H2,1-3H3,(H,17,18)/q+1. The van der Waals surface area contributed by atoms with E-state index < -0.39 is 0 Å². The summed E-state index contributed by atoms with van der Waals surface area (Å²) in [7, 11) is 6.70. The third-order valence-corrected chi connectivity index (χ3v) is 3.38. The van der Waals surface area contributed by atoms with E-state index in [2.05, 4.69) is 31.6 Å². The third-order valence-electron chi connectivity index (χ3n) is 3.38. The average molecular weight is 276 g/mol. The van der Waals surface area contributed by atoms with Gasteiger partial charge in [0.2, 0.25) is 0 Å². The van der Waals surface area contributed by atoms with Crippen LogP contribution in [0.2, 0.25) is 0 Å². The SMILES string of the molecule is C[N+](C)(C)CCCCCNc1nn2ccccc2c1N. The Balaban J connectivity index is 1.77. The van der Waals surface area contributed by atoms with Crippen molar-refractivity contribution in [3.05, 3.63) is 24.4 Å². The molecule has 0 spiro atoms. The lowest BCUT2D eigenvalue weighted by atomic mass is 10.2. The molecule has 0 amide bonds. The zero-order valence-corrected chi connectivity index (χ0v) is 12.8. The van der Waals surface area contributed by atoms with Gasteiger partial charge in [0.25, 0.3) is 0 Å². The molecule has 0 fully saturated rings. The van der Waals surface area contributed by atoms with Crippen molar-refractivity contribution < 1.29 is 4.48 Å². The number of rotatable bonds is 7. The molecule has 0 aliphatic rings. The van der Waals surface area contributed by atoms with Crippen LogP contribution in [0.15, 0.2) is 24.4 Å². The summed E-state index contributed by atoms with van der Waals surface area (Å²) in [5, 5.41) is 7.78. The number of fused-ring (bicyclic) bond motifs is 1. The van der Waals surface area contributed by atoms with Crippen molar-refractivity contribution in [2.24, 2.45) is 0 Å². The molecule has 5 heteroatoms. The molecular formula is C15H26N5+. The minimum absolute atomic E-state index is 0.733. The molecule has 5 nitrogen and oxygen atoms in total. The van der Waals surface area contributed by atoms with Crippen molar-refractivity contribution in [3.63, 3.8) is 0 Å². The van der Waals surface area contributed by atoms with E-state index in [0.29, 0.717) is 0 Å². The Morgan fingerprint density at radius 2 is 2.00 bits per heavy atom. The summed E-state index contributed by atoms with van der Waals surface area (Å²) in [4.78, 5) is 0. The van der Waals surface area contributed by atoms with E-state index in [1.165, 1.54) is 19.4 Å². The Kier molecular flexibility index (Phi) is 4.49. The summed E-state index contributed by atoms with van der Waals surface area (Å²) in [6.07, 6.45) is 5.55. The summed E-state index contributed by atoms with van der Waals surface area (Å²) >= 11 is 0. The molecule has 110 valence electrons. The van der Waals surface area contributed by atoms with E-state index in [-0.39, 0.29) is 0 Å². The zero-order chi connectivity index (χ0) is 14.6. The zero-order valence-electron chi connectivity index (χ0n) is 12.8. The average Bonchev–Trinajstić information content (AvgIpc) is 2.70. The van der Waals surface area contributed by atoms with Crippen LogP contribution in [0.3, 0.4) is 0 Å². The fourth-order valence-electron chi connectivity index (χ4n) is 2.24. The molecule has 2 aromatic heterocycles. The predicted octanol–water partition coefficient (Wildman–Crippen LogP) is 2.20. The Morgan fingerprint density at radius 3 is 2.70 bits per heavy atom. The van der Waals surface area contributed by atoms with Crippen LogP contribution in [0.5, 0.6) is 0 Å². The Bertz CT molecular complexity index is 553. The molecule has 0 saturated carbocycles. The van der Waals surface area contributed by atoms with E-state index in [9.17, 15) is 0 Å². The van der Waals surface area contributed by atoms with Gasteiger partial charge in [-0.15, -0.1) is 5.10 Å². The number of aromatic nitrogens is 2. The first-order valence-electron chi connectivity index (χ1n) is 7.24. The maximum Gasteiger partial charge on any atom is 0.172 e. The van der Waals surface area contributed by atoms with E-state index in [0.717, 1.165) is 34.5 Å². The van der Waals surface area contributed by atoms with Gasteiger partial charge < -0.3 is 15.5 Å². The minimum atomic E-state index is 0.733. The second kappa shape index (κ2) is 6.13. The first-order valence-corrected chi connectivity index (χ1v) is 7.24. The molecule has 2 aromatic rings. The molecule has 0 atom stereocenters. The van der Waals surface area contributed by atoms with Gasteiger partial charge in [-0.2, -0.15) is 0 Å². The molecule has 3 N–H and O–H groups in total. The summed E-state index contributed by atoms with van der Waals surface area (Å²) < 4.78 is 2.85. The number of quaternary nitrogens is 1. The van der Waals surface area contributed by atoms with Gasteiger partial charge >= 0.3 is 0 Å². The van der Waals surface area contributed by atoms with Crippen LogP contribution in [-0.4, -0.2) is 48.3 Å². The van der Waals surface area contributed by atoms with Gasteiger partial charge in [0, 0.05) is 12.7 Å². The van der Waals surface area contributed by atoms with Gasteiger partial charge in [0.1, 0.15) is 5.69 Å². The highest BCUT2D eigenvalue weighted by Crippen LogP contribution is 2.22. The number of nitrogens with two attached hydrogens (primary N) is 1. The number of nitrogens with one attached hydrogen (secondary N) is 1. The largest absolute Gasteiger partial charge is 0.394 e. The van der Waals surface area contributed by atoms with Gasteiger partial charge in [-0.3, -0.25) is 0 Å². The van der Waals surface area contributed by atoms with Crippen LogP contribution in [0.1, 0.15) is 19.3 Å². The summed E-state index contributed by atoms with van der Waals surface area (Å²) in [5.41, 5.74) is 7.78. The first-order chi connectivity index (χ1) is 9.47. The summed E-state index contributed by atoms with van der Waals surface area (Å²) in [6, 6.07) is 5.91. The van der Waals surface area contributed by atoms with Gasteiger partial charge in [-0.25, -0.2) is 4.52 Å². The predicted molar refractivity (Wildman–Crippen MR) is 84.8 cm³/mol. The van der Waals surface area contributed by atoms with Gasteiger partial charge in [-0.05, 0) is 31.4 Å². The number of nitrogen functional groups attached to an aromatic ring is 1. The lowest BCUT2D eigenvalue weighted by Crippen LogP contribution is -2.35. The van der Waals surface area contributed by atoms with Crippen LogP contribution in [0.25, 0.3) is 5.52 Å². The van der Waals surface area contributed by atoms with Gasteiger partial charge in [0.05, 0.1) is 33.2 Å². The molecule has 0 radical (unpaired) electrons. The van der Waals surface area contributed by atoms with Gasteiger partial charge in [0.15, 0.2) is 5.82 Å².